The summed E-state index contributed by atoms with van der Waals surface area (Å²) in [6.45, 7) is 10.1. The maximum atomic E-state index is 12.5. The van der Waals surface area contributed by atoms with E-state index in [4.69, 9.17) is 9.47 Å². The highest BCUT2D eigenvalue weighted by Crippen LogP contribution is 2.17. The molecule has 266 valence electrons. The van der Waals surface area contributed by atoms with Crippen LogP contribution in [0.2, 0.25) is 0 Å². The van der Waals surface area contributed by atoms with E-state index >= 15 is 0 Å². The molecule has 0 aromatic heterocycles. The highest BCUT2D eigenvalue weighted by Gasteiger charge is 2.21. The number of hydrogen-bond donors (Lipinski definition) is 0. The first-order valence-corrected chi connectivity index (χ1v) is 19.8. The lowest BCUT2D eigenvalue weighted by Gasteiger charge is -2.33. The average molecular weight is 637 g/mol. The molecule has 45 heavy (non-hydrogen) atoms. The third-order valence-corrected chi connectivity index (χ3v) is 9.52. The highest BCUT2D eigenvalue weighted by molar-refractivity contribution is 5.70. The lowest BCUT2D eigenvalue weighted by molar-refractivity contribution is -0.144. The van der Waals surface area contributed by atoms with Crippen LogP contribution in [-0.2, 0) is 19.1 Å². The van der Waals surface area contributed by atoms with Crippen molar-refractivity contribution < 1.29 is 19.1 Å². The molecule has 0 radical (unpaired) electrons. The largest absolute Gasteiger partial charge is 0.466 e. The molecule has 1 aliphatic rings. The maximum absolute atomic E-state index is 12.5. The average Bonchev–Trinajstić information content (AvgIpc) is 3.03. The minimum atomic E-state index is -0.105. The second-order valence-corrected chi connectivity index (χ2v) is 14.1. The monoisotopic (exact) mass is 637 g/mol. The van der Waals surface area contributed by atoms with Gasteiger partial charge in [-0.05, 0) is 45.2 Å². The van der Waals surface area contributed by atoms with Crippen molar-refractivity contribution in [2.75, 3.05) is 53.0 Å². The van der Waals surface area contributed by atoms with Gasteiger partial charge in [0.1, 0.15) is 0 Å². The standard InChI is InChI=1S/C39H76N2O4/c1-4-6-8-10-12-14-16-18-20-22-24-33-44-38(42)28-31-41(36-37-27-26-30-40(3)35-37)32-29-39(43)45-34-25-23-21-19-17-15-13-11-9-7-5-2/h37H,4-36H2,1-3H3. The first-order valence-electron chi connectivity index (χ1n) is 19.8. The fourth-order valence-corrected chi connectivity index (χ4v) is 6.63. The van der Waals surface area contributed by atoms with E-state index in [1.54, 1.807) is 0 Å². The number of likely N-dealkylation sites (tertiary alicyclic amines) is 1. The molecular formula is C39H76N2O4. The van der Waals surface area contributed by atoms with Gasteiger partial charge in [-0.15, -0.1) is 0 Å². The van der Waals surface area contributed by atoms with Gasteiger partial charge in [-0.2, -0.15) is 0 Å². The smallest absolute Gasteiger partial charge is 0.307 e. The third-order valence-electron chi connectivity index (χ3n) is 9.52. The predicted octanol–water partition coefficient (Wildman–Crippen LogP) is 10.1. The Labute approximate surface area is 280 Å². The van der Waals surface area contributed by atoms with Crippen LogP contribution in [0.25, 0.3) is 0 Å². The lowest BCUT2D eigenvalue weighted by atomic mass is 9.97. The summed E-state index contributed by atoms with van der Waals surface area (Å²) in [7, 11) is 2.19. The fraction of sp³-hybridized carbons (Fsp3) is 0.949. The van der Waals surface area contributed by atoms with Gasteiger partial charge >= 0.3 is 11.9 Å². The van der Waals surface area contributed by atoms with E-state index in [2.05, 4.69) is 30.7 Å². The van der Waals surface area contributed by atoms with Gasteiger partial charge in [0, 0.05) is 26.2 Å². The van der Waals surface area contributed by atoms with E-state index in [-0.39, 0.29) is 11.9 Å². The first kappa shape index (κ1) is 41.9. The molecule has 0 aliphatic carbocycles. The Kier molecular flexibility index (Phi) is 29.3. The molecule has 0 amide bonds. The molecule has 1 saturated heterocycles. The van der Waals surface area contributed by atoms with Crippen LogP contribution in [0.1, 0.15) is 181 Å². The van der Waals surface area contributed by atoms with Crippen molar-refractivity contribution in [2.45, 2.75) is 181 Å². The van der Waals surface area contributed by atoms with Crippen molar-refractivity contribution in [1.29, 1.82) is 0 Å². The quantitative estimate of drug-likeness (QED) is 0.0541. The van der Waals surface area contributed by atoms with Crippen LogP contribution in [0, 0.1) is 5.92 Å². The Balaban J connectivity index is 2.16. The molecule has 0 N–H and O–H groups in total. The van der Waals surface area contributed by atoms with Crippen LogP contribution in [0.5, 0.6) is 0 Å². The predicted molar refractivity (Wildman–Crippen MR) is 191 cm³/mol. The summed E-state index contributed by atoms with van der Waals surface area (Å²) in [5.74, 6) is 0.377. The van der Waals surface area contributed by atoms with Crippen molar-refractivity contribution >= 4 is 11.9 Å². The third kappa shape index (κ3) is 27.7. The Morgan fingerprint density at radius 2 is 0.978 bits per heavy atom. The summed E-state index contributed by atoms with van der Waals surface area (Å²) in [5.41, 5.74) is 0. The maximum Gasteiger partial charge on any atom is 0.307 e. The van der Waals surface area contributed by atoms with Crippen molar-refractivity contribution in [3.63, 3.8) is 0 Å². The minimum Gasteiger partial charge on any atom is -0.466 e. The summed E-state index contributed by atoms with van der Waals surface area (Å²) < 4.78 is 11.1. The molecule has 1 atom stereocenters. The molecule has 6 nitrogen and oxygen atoms in total. The van der Waals surface area contributed by atoms with E-state index in [1.807, 2.05) is 0 Å². The molecule has 1 rings (SSSR count). The van der Waals surface area contributed by atoms with Crippen LogP contribution in [0.4, 0.5) is 0 Å². The van der Waals surface area contributed by atoms with Crippen LogP contribution in [0.15, 0.2) is 0 Å². The molecule has 0 saturated carbocycles. The van der Waals surface area contributed by atoms with Gasteiger partial charge in [-0.1, -0.05) is 142 Å². The number of piperidine rings is 1. The number of carbonyl (C=O) groups is 2. The molecule has 1 fully saturated rings. The fourth-order valence-electron chi connectivity index (χ4n) is 6.63. The molecule has 0 bridgehead atoms. The zero-order chi connectivity index (χ0) is 32.6. The van der Waals surface area contributed by atoms with E-state index in [1.165, 1.54) is 128 Å². The van der Waals surface area contributed by atoms with Crippen molar-refractivity contribution in [3.8, 4) is 0 Å². The summed E-state index contributed by atoms with van der Waals surface area (Å²) in [4.78, 5) is 29.7. The number of hydrogen-bond acceptors (Lipinski definition) is 6. The molecular weight excluding hydrogens is 560 g/mol. The van der Waals surface area contributed by atoms with Gasteiger partial charge in [0.25, 0.3) is 0 Å². The Hall–Kier alpha value is -1.14. The topological polar surface area (TPSA) is 59.1 Å². The number of esters is 2. The number of nitrogens with zero attached hydrogens (tertiary/aromatic N) is 2. The minimum absolute atomic E-state index is 0.105. The second kappa shape index (κ2) is 31.5. The van der Waals surface area contributed by atoms with Crippen LogP contribution >= 0.6 is 0 Å². The molecule has 1 unspecified atom stereocenters. The van der Waals surface area contributed by atoms with Crippen molar-refractivity contribution in [3.05, 3.63) is 0 Å². The van der Waals surface area contributed by atoms with E-state index < -0.39 is 0 Å². The number of ether oxygens (including phenoxy) is 2. The molecule has 0 aromatic rings. The molecule has 0 aromatic carbocycles. The normalized spacial score (nSPS) is 15.5. The van der Waals surface area contributed by atoms with Crippen LogP contribution < -0.4 is 0 Å². The number of unbranched alkanes of at least 4 members (excludes halogenated alkanes) is 20. The molecule has 0 spiro atoms. The Morgan fingerprint density at radius 1 is 0.600 bits per heavy atom. The lowest BCUT2D eigenvalue weighted by Crippen LogP contribution is -2.40. The number of rotatable bonds is 32. The Bertz CT molecular complexity index is 629. The van der Waals surface area contributed by atoms with Gasteiger partial charge in [0.2, 0.25) is 0 Å². The zero-order valence-corrected chi connectivity index (χ0v) is 30.4. The summed E-state index contributed by atoms with van der Waals surface area (Å²) in [5, 5.41) is 0. The van der Waals surface area contributed by atoms with Gasteiger partial charge in [-0.3, -0.25) is 9.59 Å². The Morgan fingerprint density at radius 3 is 1.36 bits per heavy atom. The zero-order valence-electron chi connectivity index (χ0n) is 30.4. The van der Waals surface area contributed by atoms with Gasteiger partial charge in [-0.25, -0.2) is 0 Å². The van der Waals surface area contributed by atoms with Crippen LogP contribution in [0.3, 0.4) is 0 Å². The van der Waals surface area contributed by atoms with E-state index in [0.29, 0.717) is 45.1 Å². The second-order valence-electron chi connectivity index (χ2n) is 14.1. The van der Waals surface area contributed by atoms with E-state index in [0.717, 1.165) is 45.3 Å². The summed E-state index contributed by atoms with van der Waals surface area (Å²) in [6.07, 6.45) is 31.7. The molecule has 1 aliphatic heterocycles. The van der Waals surface area contributed by atoms with Gasteiger partial charge in [0.15, 0.2) is 0 Å². The van der Waals surface area contributed by atoms with E-state index in [9.17, 15) is 9.59 Å². The van der Waals surface area contributed by atoms with Gasteiger partial charge < -0.3 is 19.3 Å². The SMILES string of the molecule is CCCCCCCCCCCCCOC(=O)CCN(CCC(=O)OCCCCCCCCCCCCC)CC1CCCN(C)C1. The summed E-state index contributed by atoms with van der Waals surface area (Å²) in [6, 6.07) is 0. The number of carbonyl (C=O) groups excluding carboxylic acids is 2. The first-order chi connectivity index (χ1) is 22.0. The molecule has 6 heteroatoms. The van der Waals surface area contributed by atoms with Crippen molar-refractivity contribution in [2.24, 2.45) is 5.92 Å². The van der Waals surface area contributed by atoms with Crippen molar-refractivity contribution in [1.82, 2.24) is 9.80 Å². The summed E-state index contributed by atoms with van der Waals surface area (Å²) >= 11 is 0. The molecule has 1 heterocycles. The van der Waals surface area contributed by atoms with Gasteiger partial charge in [0.05, 0.1) is 26.1 Å². The highest BCUT2D eigenvalue weighted by atomic mass is 16.5. The van der Waals surface area contributed by atoms with Crippen LogP contribution in [-0.4, -0.2) is 74.7 Å².